The van der Waals surface area contributed by atoms with E-state index in [1.54, 1.807) is 18.0 Å². The number of carbonyl (C=O) groups is 1. The standard InChI is InChI=1S/C14H19NO4S/c1-15(6-8-20(2,17)18)10-13(16)11-3-4-14-12(9-11)5-7-19-14/h3-4,9H,5-8,10H2,1-2H3. The van der Waals surface area contributed by atoms with Crippen molar-refractivity contribution in [3.8, 4) is 5.75 Å². The summed E-state index contributed by atoms with van der Waals surface area (Å²) in [5, 5.41) is 0. The fourth-order valence-electron chi connectivity index (χ4n) is 2.10. The monoisotopic (exact) mass is 297 g/mol. The zero-order valence-electron chi connectivity index (χ0n) is 11.8. The van der Waals surface area contributed by atoms with E-state index in [1.165, 1.54) is 6.26 Å². The van der Waals surface area contributed by atoms with Crippen LogP contribution >= 0.6 is 0 Å². The molecule has 0 amide bonds. The minimum absolute atomic E-state index is 0.00398. The molecule has 0 saturated carbocycles. The third-order valence-electron chi connectivity index (χ3n) is 3.27. The van der Waals surface area contributed by atoms with Crippen molar-refractivity contribution in [3.05, 3.63) is 29.3 Å². The van der Waals surface area contributed by atoms with Crippen LogP contribution in [-0.4, -0.2) is 57.9 Å². The van der Waals surface area contributed by atoms with Crippen molar-refractivity contribution < 1.29 is 17.9 Å². The van der Waals surface area contributed by atoms with Gasteiger partial charge in [0.1, 0.15) is 15.6 Å². The van der Waals surface area contributed by atoms with Crippen LogP contribution in [0.25, 0.3) is 0 Å². The molecule has 0 N–H and O–H groups in total. The number of ether oxygens (including phenoxy) is 1. The molecule has 6 heteroatoms. The van der Waals surface area contributed by atoms with E-state index in [0.717, 1.165) is 17.7 Å². The Morgan fingerprint density at radius 3 is 2.85 bits per heavy atom. The fraction of sp³-hybridized carbons (Fsp3) is 0.500. The summed E-state index contributed by atoms with van der Waals surface area (Å²) in [5.74, 6) is 0.914. The number of sulfone groups is 1. The van der Waals surface area contributed by atoms with Crippen molar-refractivity contribution in [2.24, 2.45) is 0 Å². The summed E-state index contributed by atoms with van der Waals surface area (Å²) in [5.41, 5.74) is 1.72. The quantitative estimate of drug-likeness (QED) is 0.726. The number of benzene rings is 1. The number of carbonyl (C=O) groups excluding carboxylic acids is 1. The highest BCUT2D eigenvalue weighted by Gasteiger charge is 2.16. The highest BCUT2D eigenvalue weighted by molar-refractivity contribution is 7.90. The summed E-state index contributed by atoms with van der Waals surface area (Å²) in [6.45, 7) is 1.25. The highest BCUT2D eigenvalue weighted by Crippen LogP contribution is 2.25. The Balaban J connectivity index is 1.94. The van der Waals surface area contributed by atoms with Crippen LogP contribution < -0.4 is 4.74 Å². The predicted molar refractivity (Wildman–Crippen MR) is 77.2 cm³/mol. The number of ketones is 1. The molecule has 5 nitrogen and oxygen atoms in total. The number of hydrogen-bond donors (Lipinski definition) is 0. The number of Topliss-reactive ketones (excluding diaryl/α,β-unsaturated/α-hetero) is 1. The molecule has 0 spiro atoms. The van der Waals surface area contributed by atoms with Crippen molar-refractivity contribution in [3.63, 3.8) is 0 Å². The molecule has 1 heterocycles. The van der Waals surface area contributed by atoms with Crippen molar-refractivity contribution in [2.75, 3.05) is 38.8 Å². The summed E-state index contributed by atoms with van der Waals surface area (Å²) in [6.07, 6.45) is 2.03. The first kappa shape index (κ1) is 15.0. The van der Waals surface area contributed by atoms with Crippen molar-refractivity contribution in [1.29, 1.82) is 0 Å². The molecule has 20 heavy (non-hydrogen) atoms. The summed E-state index contributed by atoms with van der Waals surface area (Å²) >= 11 is 0. The SMILES string of the molecule is CN(CCS(C)(=O)=O)CC(=O)c1ccc2c(c1)CCO2. The highest BCUT2D eigenvalue weighted by atomic mass is 32.2. The Bertz CT molecular complexity index is 610. The molecule has 1 aliphatic rings. The van der Waals surface area contributed by atoms with Crippen molar-refractivity contribution in [1.82, 2.24) is 4.90 Å². The lowest BCUT2D eigenvalue weighted by molar-refractivity contribution is 0.0949. The summed E-state index contributed by atoms with van der Waals surface area (Å²) in [6, 6.07) is 5.46. The Morgan fingerprint density at radius 2 is 2.15 bits per heavy atom. The minimum Gasteiger partial charge on any atom is -0.493 e. The van der Waals surface area contributed by atoms with Gasteiger partial charge in [-0.15, -0.1) is 0 Å². The molecule has 0 saturated heterocycles. The van der Waals surface area contributed by atoms with Gasteiger partial charge < -0.3 is 4.74 Å². The lowest BCUT2D eigenvalue weighted by Crippen LogP contribution is -2.30. The second-order valence-corrected chi connectivity index (χ2v) is 7.47. The molecule has 0 aliphatic carbocycles. The Kier molecular flexibility index (Phi) is 4.45. The van der Waals surface area contributed by atoms with Crippen LogP contribution in [0.1, 0.15) is 15.9 Å². The van der Waals surface area contributed by atoms with Crippen LogP contribution in [0.5, 0.6) is 5.75 Å². The van der Waals surface area contributed by atoms with Gasteiger partial charge in [0.2, 0.25) is 0 Å². The first-order valence-electron chi connectivity index (χ1n) is 6.50. The van der Waals surface area contributed by atoms with Crippen LogP contribution in [0.3, 0.4) is 0 Å². The normalized spacial score (nSPS) is 14.2. The molecular formula is C14H19NO4S. The molecule has 0 fully saturated rings. The maximum atomic E-state index is 12.1. The van der Waals surface area contributed by atoms with Crippen LogP contribution in [0.15, 0.2) is 18.2 Å². The van der Waals surface area contributed by atoms with E-state index >= 15 is 0 Å². The van der Waals surface area contributed by atoms with Gasteiger partial charge in [-0.2, -0.15) is 0 Å². The number of nitrogens with zero attached hydrogens (tertiary/aromatic N) is 1. The average molecular weight is 297 g/mol. The van der Waals surface area contributed by atoms with Crippen LogP contribution in [-0.2, 0) is 16.3 Å². The van der Waals surface area contributed by atoms with Gasteiger partial charge in [-0.3, -0.25) is 9.69 Å². The van der Waals surface area contributed by atoms with Gasteiger partial charge in [0.15, 0.2) is 5.78 Å². The molecular weight excluding hydrogens is 278 g/mol. The Labute approximate surface area is 119 Å². The minimum atomic E-state index is -3.00. The van der Waals surface area contributed by atoms with E-state index in [1.807, 2.05) is 12.1 Å². The molecule has 0 atom stereocenters. The van der Waals surface area contributed by atoms with E-state index in [9.17, 15) is 13.2 Å². The molecule has 0 unspecified atom stereocenters. The van der Waals surface area contributed by atoms with Gasteiger partial charge in [-0.25, -0.2) is 8.42 Å². The van der Waals surface area contributed by atoms with E-state index in [0.29, 0.717) is 18.7 Å². The fourth-order valence-corrected chi connectivity index (χ4v) is 2.74. The van der Waals surface area contributed by atoms with Crippen molar-refractivity contribution in [2.45, 2.75) is 6.42 Å². The lowest BCUT2D eigenvalue weighted by Gasteiger charge is -2.15. The van der Waals surface area contributed by atoms with Gasteiger partial charge in [-0.1, -0.05) is 0 Å². The van der Waals surface area contributed by atoms with Gasteiger partial charge >= 0.3 is 0 Å². The Morgan fingerprint density at radius 1 is 1.40 bits per heavy atom. The molecule has 0 bridgehead atoms. The third-order valence-corrected chi connectivity index (χ3v) is 4.19. The van der Waals surface area contributed by atoms with Crippen LogP contribution in [0, 0.1) is 0 Å². The van der Waals surface area contributed by atoms with Gasteiger partial charge in [0, 0.05) is 24.8 Å². The smallest absolute Gasteiger partial charge is 0.176 e. The molecule has 1 aromatic carbocycles. The Hall–Kier alpha value is -1.40. The molecule has 1 aromatic rings. The summed E-state index contributed by atoms with van der Waals surface area (Å²) in [4.78, 5) is 13.9. The first-order valence-corrected chi connectivity index (χ1v) is 8.56. The lowest BCUT2D eigenvalue weighted by atomic mass is 10.1. The maximum absolute atomic E-state index is 12.1. The maximum Gasteiger partial charge on any atom is 0.176 e. The predicted octanol–water partition coefficient (Wildman–Crippen LogP) is 0.781. The van der Waals surface area contributed by atoms with Gasteiger partial charge in [0.05, 0.1) is 18.9 Å². The summed E-state index contributed by atoms with van der Waals surface area (Å²) < 4.78 is 27.6. The van der Waals surface area contributed by atoms with E-state index in [2.05, 4.69) is 0 Å². The number of hydrogen-bond acceptors (Lipinski definition) is 5. The van der Waals surface area contributed by atoms with Gasteiger partial charge in [0.25, 0.3) is 0 Å². The largest absolute Gasteiger partial charge is 0.493 e. The topological polar surface area (TPSA) is 63.7 Å². The van der Waals surface area contributed by atoms with Crippen LogP contribution in [0.2, 0.25) is 0 Å². The zero-order valence-corrected chi connectivity index (χ0v) is 12.6. The second-order valence-electron chi connectivity index (χ2n) is 5.21. The zero-order chi connectivity index (χ0) is 14.8. The molecule has 0 radical (unpaired) electrons. The third kappa shape index (κ3) is 4.05. The van der Waals surface area contributed by atoms with Crippen LogP contribution in [0.4, 0.5) is 0 Å². The van der Waals surface area contributed by atoms with Crippen molar-refractivity contribution >= 4 is 15.6 Å². The molecule has 1 aliphatic heterocycles. The number of rotatable bonds is 6. The van der Waals surface area contributed by atoms with Gasteiger partial charge in [-0.05, 0) is 30.8 Å². The molecule has 110 valence electrons. The second kappa shape index (κ2) is 5.93. The molecule has 0 aromatic heterocycles. The van der Waals surface area contributed by atoms with E-state index in [-0.39, 0.29) is 18.1 Å². The summed E-state index contributed by atoms with van der Waals surface area (Å²) in [7, 11) is -1.25. The number of fused-ring (bicyclic) bond motifs is 1. The van der Waals surface area contributed by atoms with E-state index < -0.39 is 9.84 Å². The molecule has 2 rings (SSSR count). The first-order chi connectivity index (χ1) is 9.35. The average Bonchev–Trinajstić information content (AvgIpc) is 2.82. The van der Waals surface area contributed by atoms with E-state index in [4.69, 9.17) is 4.74 Å². The number of likely N-dealkylation sites (N-methyl/N-ethyl adjacent to an activating group) is 1.